The van der Waals surface area contributed by atoms with Crippen LogP contribution in [-0.4, -0.2) is 0 Å². The first-order chi connectivity index (χ1) is 9.47. The zero-order chi connectivity index (χ0) is 14.3. The van der Waals surface area contributed by atoms with Gasteiger partial charge in [0.1, 0.15) is 0 Å². The van der Waals surface area contributed by atoms with Gasteiger partial charge in [-0.25, -0.2) is 0 Å². The number of nitrogens with two attached hydrogens (primary N) is 1. The van der Waals surface area contributed by atoms with Crippen molar-refractivity contribution in [1.29, 1.82) is 0 Å². The molecule has 0 amide bonds. The lowest BCUT2D eigenvalue weighted by Gasteiger charge is -2.16. The Hall–Kier alpha value is -1.16. The van der Waals surface area contributed by atoms with Crippen LogP contribution in [0.15, 0.2) is 41.8 Å². The fraction of sp³-hybridized carbons (Fsp3) is 0.294. The van der Waals surface area contributed by atoms with Gasteiger partial charge in [0, 0.05) is 14.5 Å². The smallest absolute Gasteiger partial charge is 0.0660 e. The van der Waals surface area contributed by atoms with E-state index in [0.29, 0.717) is 0 Å². The zero-order valence-corrected chi connectivity index (χ0v) is 13.6. The van der Waals surface area contributed by atoms with E-state index in [1.54, 1.807) is 11.3 Å². The second kappa shape index (κ2) is 4.99. The van der Waals surface area contributed by atoms with Gasteiger partial charge in [0.2, 0.25) is 0 Å². The summed E-state index contributed by atoms with van der Waals surface area (Å²) in [7, 11) is 0. The molecule has 1 aromatic carbocycles. The minimum atomic E-state index is -0.0211. The Morgan fingerprint density at radius 2 is 1.80 bits per heavy atom. The van der Waals surface area contributed by atoms with Crippen LogP contribution in [0, 0.1) is 0 Å². The number of rotatable bonds is 2. The highest BCUT2D eigenvalue weighted by atomic mass is 32.1. The molecule has 20 heavy (non-hydrogen) atoms. The topological polar surface area (TPSA) is 26.0 Å². The summed E-state index contributed by atoms with van der Waals surface area (Å²) in [5.41, 5.74) is 7.94. The summed E-state index contributed by atoms with van der Waals surface area (Å²) in [6, 6.07) is 12.9. The minimum Gasteiger partial charge on any atom is -0.320 e. The lowest BCUT2D eigenvalue weighted by molar-refractivity contribution is 0.604. The van der Waals surface area contributed by atoms with Crippen molar-refractivity contribution in [1.82, 2.24) is 0 Å². The van der Waals surface area contributed by atoms with Gasteiger partial charge in [0.05, 0.1) is 6.04 Å². The molecule has 2 aromatic heterocycles. The van der Waals surface area contributed by atoms with Gasteiger partial charge >= 0.3 is 0 Å². The molecular weight excluding hydrogens is 282 g/mol. The standard InChI is InChI=1S/C17H19NS2/c1-17(2,3)15-9-8-14(20-15)16(18)12-10-19-13-7-5-4-6-11(12)13/h4-10,16H,18H2,1-3H3. The quantitative estimate of drug-likeness (QED) is 0.682. The van der Waals surface area contributed by atoms with Gasteiger partial charge in [0.25, 0.3) is 0 Å². The first-order valence-electron chi connectivity index (χ1n) is 6.79. The van der Waals surface area contributed by atoms with Gasteiger partial charge in [-0.1, -0.05) is 39.0 Å². The van der Waals surface area contributed by atoms with Crippen molar-refractivity contribution in [2.45, 2.75) is 32.2 Å². The molecule has 1 atom stereocenters. The predicted molar refractivity (Wildman–Crippen MR) is 90.9 cm³/mol. The first kappa shape index (κ1) is 13.8. The maximum atomic E-state index is 6.50. The highest BCUT2D eigenvalue weighted by Crippen LogP contribution is 2.37. The lowest BCUT2D eigenvalue weighted by Crippen LogP contribution is -2.10. The Balaban J connectivity index is 2.00. The van der Waals surface area contributed by atoms with Crippen molar-refractivity contribution in [2.75, 3.05) is 0 Å². The van der Waals surface area contributed by atoms with E-state index in [4.69, 9.17) is 5.73 Å². The van der Waals surface area contributed by atoms with Gasteiger partial charge in [-0.3, -0.25) is 0 Å². The molecule has 1 nitrogen and oxygen atoms in total. The Morgan fingerprint density at radius 3 is 2.50 bits per heavy atom. The largest absolute Gasteiger partial charge is 0.320 e. The summed E-state index contributed by atoms with van der Waals surface area (Å²) >= 11 is 3.61. The highest BCUT2D eigenvalue weighted by Gasteiger charge is 2.20. The number of hydrogen-bond donors (Lipinski definition) is 1. The molecule has 0 saturated heterocycles. The number of thiophene rings is 2. The molecule has 0 aliphatic rings. The molecule has 1 unspecified atom stereocenters. The van der Waals surface area contributed by atoms with E-state index in [9.17, 15) is 0 Å². The third-order valence-electron chi connectivity index (χ3n) is 3.52. The van der Waals surface area contributed by atoms with Crippen molar-refractivity contribution >= 4 is 32.8 Å². The van der Waals surface area contributed by atoms with E-state index < -0.39 is 0 Å². The van der Waals surface area contributed by atoms with Crippen LogP contribution in [0.5, 0.6) is 0 Å². The van der Waals surface area contributed by atoms with Crippen LogP contribution in [-0.2, 0) is 5.41 Å². The Kier molecular flexibility index (Phi) is 3.44. The van der Waals surface area contributed by atoms with Crippen LogP contribution in [0.2, 0.25) is 0 Å². The van der Waals surface area contributed by atoms with E-state index >= 15 is 0 Å². The first-order valence-corrected chi connectivity index (χ1v) is 8.48. The Morgan fingerprint density at radius 1 is 1.05 bits per heavy atom. The van der Waals surface area contributed by atoms with Gasteiger partial charge in [-0.2, -0.15) is 0 Å². The molecule has 0 fully saturated rings. The van der Waals surface area contributed by atoms with Crippen LogP contribution in [0.4, 0.5) is 0 Å². The molecule has 2 N–H and O–H groups in total. The summed E-state index contributed by atoms with van der Waals surface area (Å²) < 4.78 is 1.31. The van der Waals surface area contributed by atoms with Gasteiger partial charge in [-0.15, -0.1) is 22.7 Å². The van der Waals surface area contributed by atoms with Crippen LogP contribution in [0.1, 0.15) is 42.1 Å². The summed E-state index contributed by atoms with van der Waals surface area (Å²) in [6.45, 7) is 6.73. The highest BCUT2D eigenvalue weighted by molar-refractivity contribution is 7.17. The van der Waals surface area contributed by atoms with E-state index in [2.05, 4.69) is 62.5 Å². The molecule has 0 saturated carbocycles. The summed E-state index contributed by atoms with van der Waals surface area (Å²) in [4.78, 5) is 2.64. The van der Waals surface area contributed by atoms with E-state index in [-0.39, 0.29) is 11.5 Å². The normalized spacial score (nSPS) is 13.8. The van der Waals surface area contributed by atoms with Crippen molar-refractivity contribution in [3.05, 3.63) is 57.1 Å². The molecule has 0 radical (unpaired) electrons. The Bertz CT molecular complexity index is 731. The maximum Gasteiger partial charge on any atom is 0.0660 e. The summed E-state index contributed by atoms with van der Waals surface area (Å²) in [6.07, 6.45) is 0. The zero-order valence-electron chi connectivity index (χ0n) is 12.0. The molecule has 3 aromatic rings. The van der Waals surface area contributed by atoms with E-state index in [0.717, 1.165) is 0 Å². The van der Waals surface area contributed by atoms with Gasteiger partial charge < -0.3 is 5.73 Å². The predicted octanol–water partition coefficient (Wildman–Crippen LogP) is 5.31. The van der Waals surface area contributed by atoms with Gasteiger partial charge in [0.15, 0.2) is 0 Å². The molecule has 0 aliphatic heterocycles. The Labute approximate surface area is 128 Å². The second-order valence-electron chi connectivity index (χ2n) is 6.12. The fourth-order valence-corrected chi connectivity index (χ4v) is 4.40. The fourth-order valence-electron chi connectivity index (χ4n) is 2.32. The molecule has 3 rings (SSSR count). The van der Waals surface area contributed by atoms with Crippen molar-refractivity contribution in [3.8, 4) is 0 Å². The third kappa shape index (κ3) is 2.41. The van der Waals surface area contributed by atoms with Crippen molar-refractivity contribution in [3.63, 3.8) is 0 Å². The molecule has 0 aliphatic carbocycles. The van der Waals surface area contributed by atoms with Crippen LogP contribution in [0.3, 0.4) is 0 Å². The lowest BCUT2D eigenvalue weighted by atomic mass is 9.95. The minimum absolute atomic E-state index is 0.0211. The van der Waals surface area contributed by atoms with Crippen molar-refractivity contribution < 1.29 is 0 Å². The van der Waals surface area contributed by atoms with E-state index in [1.165, 1.54) is 25.4 Å². The maximum absolute atomic E-state index is 6.50. The van der Waals surface area contributed by atoms with Crippen LogP contribution >= 0.6 is 22.7 Å². The van der Waals surface area contributed by atoms with Crippen molar-refractivity contribution in [2.24, 2.45) is 5.73 Å². The molecule has 0 spiro atoms. The number of fused-ring (bicyclic) bond motifs is 1. The van der Waals surface area contributed by atoms with Gasteiger partial charge in [-0.05, 0) is 39.9 Å². The number of benzene rings is 1. The SMILES string of the molecule is CC(C)(C)c1ccc(C(N)c2csc3ccccc23)s1. The van der Waals surface area contributed by atoms with E-state index in [1.807, 2.05) is 11.3 Å². The summed E-state index contributed by atoms with van der Waals surface area (Å²) in [5, 5.41) is 3.49. The molecular formula is C17H19NS2. The second-order valence-corrected chi connectivity index (χ2v) is 8.14. The molecule has 3 heteroatoms. The van der Waals surface area contributed by atoms with Crippen LogP contribution < -0.4 is 5.73 Å². The third-order valence-corrected chi connectivity index (χ3v) is 6.09. The monoisotopic (exact) mass is 301 g/mol. The average molecular weight is 301 g/mol. The molecule has 0 bridgehead atoms. The van der Waals surface area contributed by atoms with Crippen LogP contribution in [0.25, 0.3) is 10.1 Å². The molecule has 104 valence electrons. The average Bonchev–Trinajstić information content (AvgIpc) is 3.04. The number of hydrogen-bond acceptors (Lipinski definition) is 3. The molecule has 2 heterocycles. The summed E-state index contributed by atoms with van der Waals surface area (Å²) in [5.74, 6) is 0.